The number of fused-ring (bicyclic) bond motifs is 5. The fraction of sp³-hybridized carbons (Fsp3) is 0.400. The molecule has 6 rings (SSSR count). The minimum Gasteiger partial charge on any atom is -0.492 e. The summed E-state index contributed by atoms with van der Waals surface area (Å²) >= 11 is 0. The Morgan fingerprint density at radius 2 is 1.83 bits per heavy atom. The monoisotopic (exact) mass is 484 g/mol. The normalized spacial score (nSPS) is 26.8. The number of aromatic nitrogens is 1. The second-order valence-electron chi connectivity index (χ2n) is 8.88. The molecule has 0 unspecified atom stereocenters. The second kappa shape index (κ2) is 8.51. The molecule has 0 radical (unpaired) electrons. The summed E-state index contributed by atoms with van der Waals surface area (Å²) in [6, 6.07) is 9.71. The van der Waals surface area contributed by atoms with E-state index in [1.807, 2.05) is 24.4 Å². The van der Waals surface area contributed by atoms with Gasteiger partial charge in [-0.15, -0.1) is 0 Å². The minimum atomic E-state index is -1.53. The average Bonchev–Trinajstić information content (AvgIpc) is 3.34. The summed E-state index contributed by atoms with van der Waals surface area (Å²) in [6.07, 6.45) is -4.05. The standard InChI is InChI=1S/C25H26NO9/c1-31-24-15-9-26-5-4-13-7-18-19(33-11-32-18)8-14(13)16(26)6-12(15)2-3-17(24)34-25-23(30)22(29)21(28)20(10-27)35-25/h2-3,6-9,20-23,25,27-30H,4-5,10-11H2,1H3/q+1/t20-,21-,22+,23-,25-/m1/s1. The van der Waals surface area contributed by atoms with Gasteiger partial charge in [-0.05, 0) is 35.2 Å². The van der Waals surface area contributed by atoms with Crippen LogP contribution in [0.3, 0.4) is 0 Å². The molecule has 3 aliphatic heterocycles. The van der Waals surface area contributed by atoms with Crippen LogP contribution in [0.1, 0.15) is 5.56 Å². The number of hydrogen-bond acceptors (Lipinski definition) is 9. The number of hydrogen-bond donors (Lipinski definition) is 4. The Labute approximate surface area is 200 Å². The molecule has 10 heteroatoms. The van der Waals surface area contributed by atoms with Gasteiger partial charge in [0.2, 0.25) is 18.8 Å². The molecule has 1 saturated heterocycles. The molecule has 3 aromatic rings. The predicted molar refractivity (Wildman–Crippen MR) is 120 cm³/mol. The lowest BCUT2D eigenvalue weighted by Gasteiger charge is -2.39. The van der Waals surface area contributed by atoms with E-state index in [9.17, 15) is 20.4 Å². The number of aryl methyl sites for hydroxylation is 2. The molecule has 35 heavy (non-hydrogen) atoms. The number of ether oxygens (including phenoxy) is 5. The quantitative estimate of drug-likeness (QED) is 0.385. The first kappa shape index (κ1) is 22.3. The maximum atomic E-state index is 10.4. The molecule has 2 aromatic carbocycles. The highest BCUT2D eigenvalue weighted by Gasteiger charge is 2.45. The van der Waals surface area contributed by atoms with Crippen molar-refractivity contribution in [3.8, 4) is 34.3 Å². The Balaban J connectivity index is 1.38. The molecular formula is C25H26NO9+. The van der Waals surface area contributed by atoms with E-state index < -0.39 is 37.3 Å². The van der Waals surface area contributed by atoms with Crippen LogP contribution in [0.25, 0.3) is 22.0 Å². The van der Waals surface area contributed by atoms with Crippen molar-refractivity contribution in [2.75, 3.05) is 20.5 Å². The van der Waals surface area contributed by atoms with Crippen LogP contribution in [0.15, 0.2) is 36.5 Å². The first-order valence-corrected chi connectivity index (χ1v) is 11.4. The van der Waals surface area contributed by atoms with E-state index in [2.05, 4.69) is 10.6 Å². The van der Waals surface area contributed by atoms with Crippen LogP contribution in [0, 0.1) is 0 Å². The molecule has 5 atom stereocenters. The molecule has 10 nitrogen and oxygen atoms in total. The fourth-order valence-corrected chi connectivity index (χ4v) is 4.99. The zero-order valence-electron chi connectivity index (χ0n) is 19.0. The third-order valence-corrected chi connectivity index (χ3v) is 6.87. The van der Waals surface area contributed by atoms with Gasteiger partial charge in [0.15, 0.2) is 35.7 Å². The van der Waals surface area contributed by atoms with Crippen molar-refractivity contribution < 1.29 is 48.7 Å². The molecule has 4 heterocycles. The van der Waals surface area contributed by atoms with E-state index in [0.29, 0.717) is 11.5 Å². The summed E-state index contributed by atoms with van der Waals surface area (Å²) in [7, 11) is 1.52. The van der Waals surface area contributed by atoms with Crippen LogP contribution in [0.2, 0.25) is 0 Å². The highest BCUT2D eigenvalue weighted by atomic mass is 16.7. The molecular weight excluding hydrogens is 458 g/mol. The molecule has 0 saturated carbocycles. The first-order valence-electron chi connectivity index (χ1n) is 11.4. The Morgan fingerprint density at radius 1 is 1.03 bits per heavy atom. The largest absolute Gasteiger partial charge is 0.492 e. The van der Waals surface area contributed by atoms with Gasteiger partial charge < -0.3 is 44.1 Å². The van der Waals surface area contributed by atoms with E-state index in [-0.39, 0.29) is 6.79 Å². The van der Waals surface area contributed by atoms with E-state index >= 15 is 0 Å². The predicted octanol–water partition coefficient (Wildman–Crippen LogP) is 0.266. The van der Waals surface area contributed by atoms with Crippen molar-refractivity contribution in [3.63, 3.8) is 0 Å². The molecule has 4 N–H and O–H groups in total. The number of benzene rings is 2. The number of pyridine rings is 1. The lowest BCUT2D eigenvalue weighted by atomic mass is 9.95. The summed E-state index contributed by atoms with van der Waals surface area (Å²) in [5.74, 6) is 2.24. The first-order chi connectivity index (χ1) is 17.0. The van der Waals surface area contributed by atoms with Gasteiger partial charge in [0.05, 0.1) is 24.7 Å². The van der Waals surface area contributed by atoms with Gasteiger partial charge in [-0.3, -0.25) is 0 Å². The zero-order chi connectivity index (χ0) is 24.3. The topological polar surface area (TPSA) is 131 Å². The SMILES string of the molecule is COc1c(O[C@@H]2O[C@H](CO)[C@@H](O)[C@H](O)[C@H]2O)ccc2cc3[n+](cc12)CCc1cc2c(cc1-3)OCO2. The van der Waals surface area contributed by atoms with Crippen LogP contribution in [0.5, 0.6) is 23.0 Å². The van der Waals surface area contributed by atoms with Crippen molar-refractivity contribution in [2.24, 2.45) is 0 Å². The van der Waals surface area contributed by atoms with Gasteiger partial charge in [-0.25, -0.2) is 0 Å². The Morgan fingerprint density at radius 3 is 2.60 bits per heavy atom. The smallest absolute Gasteiger partial charge is 0.231 e. The van der Waals surface area contributed by atoms with Crippen LogP contribution in [-0.4, -0.2) is 71.6 Å². The van der Waals surface area contributed by atoms with Crippen LogP contribution < -0.4 is 23.5 Å². The molecule has 3 aliphatic rings. The average molecular weight is 484 g/mol. The molecule has 184 valence electrons. The third-order valence-electron chi connectivity index (χ3n) is 6.87. The minimum absolute atomic E-state index is 0.227. The lowest BCUT2D eigenvalue weighted by Crippen LogP contribution is -2.60. The molecule has 0 amide bonds. The lowest BCUT2D eigenvalue weighted by molar-refractivity contribution is -0.686. The maximum absolute atomic E-state index is 10.4. The molecule has 0 spiro atoms. The summed E-state index contributed by atoms with van der Waals surface area (Å²) < 4.78 is 30.3. The van der Waals surface area contributed by atoms with Crippen LogP contribution in [-0.2, 0) is 17.7 Å². The second-order valence-corrected chi connectivity index (χ2v) is 8.88. The Bertz CT molecular complexity index is 1290. The van der Waals surface area contributed by atoms with Crippen molar-refractivity contribution in [1.29, 1.82) is 0 Å². The van der Waals surface area contributed by atoms with Crippen molar-refractivity contribution in [3.05, 3.63) is 42.1 Å². The van der Waals surface area contributed by atoms with Crippen molar-refractivity contribution >= 4 is 10.8 Å². The van der Waals surface area contributed by atoms with Crippen molar-refractivity contribution in [1.82, 2.24) is 0 Å². The summed E-state index contributed by atoms with van der Waals surface area (Å²) in [5, 5.41) is 41.6. The van der Waals surface area contributed by atoms with E-state index in [1.165, 1.54) is 12.7 Å². The van der Waals surface area contributed by atoms with Gasteiger partial charge in [0.25, 0.3) is 0 Å². The van der Waals surface area contributed by atoms with Gasteiger partial charge in [0, 0.05) is 12.5 Å². The van der Waals surface area contributed by atoms with Gasteiger partial charge in [-0.2, -0.15) is 4.57 Å². The maximum Gasteiger partial charge on any atom is 0.231 e. The summed E-state index contributed by atoms with van der Waals surface area (Å²) in [5.41, 5.74) is 3.33. The van der Waals surface area contributed by atoms with Gasteiger partial charge >= 0.3 is 0 Å². The number of nitrogens with zero attached hydrogens (tertiary/aromatic N) is 1. The number of aliphatic hydroxyl groups excluding tert-OH is 4. The summed E-state index contributed by atoms with van der Waals surface area (Å²) in [6.45, 7) is 0.452. The van der Waals surface area contributed by atoms with Gasteiger partial charge in [-0.1, -0.05) is 0 Å². The third kappa shape index (κ3) is 3.57. The van der Waals surface area contributed by atoms with Crippen LogP contribution >= 0.6 is 0 Å². The molecule has 1 fully saturated rings. The Hall–Kier alpha value is -3.15. The molecule has 0 aliphatic carbocycles. The van der Waals surface area contributed by atoms with E-state index in [0.717, 1.165) is 46.5 Å². The van der Waals surface area contributed by atoms with Crippen molar-refractivity contribution in [2.45, 2.75) is 43.7 Å². The molecule has 1 aromatic heterocycles. The van der Waals surface area contributed by atoms with E-state index in [1.54, 1.807) is 6.07 Å². The highest BCUT2D eigenvalue weighted by Crippen LogP contribution is 2.42. The number of aliphatic hydroxyl groups is 4. The molecule has 0 bridgehead atoms. The zero-order valence-corrected chi connectivity index (χ0v) is 19.0. The number of rotatable bonds is 4. The number of methoxy groups -OCH3 is 1. The fourth-order valence-electron chi connectivity index (χ4n) is 4.99. The van der Waals surface area contributed by atoms with Gasteiger partial charge in [0.1, 0.15) is 24.4 Å². The van der Waals surface area contributed by atoms with E-state index in [4.69, 9.17) is 23.7 Å². The van der Waals surface area contributed by atoms with Crippen LogP contribution in [0.4, 0.5) is 0 Å². The summed E-state index contributed by atoms with van der Waals surface area (Å²) in [4.78, 5) is 0. The highest BCUT2D eigenvalue weighted by molar-refractivity contribution is 5.91. The Kier molecular flexibility index (Phi) is 5.42.